The number of fused-ring (bicyclic) bond motifs is 3. The highest BCUT2D eigenvalue weighted by Crippen LogP contribution is 2.42. The molecule has 3 fully saturated rings. The summed E-state index contributed by atoms with van der Waals surface area (Å²) in [5.74, 6) is 0.801. The van der Waals surface area contributed by atoms with Crippen LogP contribution in [0.2, 0.25) is 0 Å². The molecule has 3 rings (SSSR count). The van der Waals surface area contributed by atoms with Crippen molar-refractivity contribution in [3.63, 3.8) is 0 Å². The number of ether oxygens (including phenoxy) is 1. The van der Waals surface area contributed by atoms with E-state index >= 15 is 0 Å². The van der Waals surface area contributed by atoms with Gasteiger partial charge in [0.25, 0.3) is 0 Å². The molecule has 0 aromatic rings. The first-order valence-electron chi connectivity index (χ1n) is 4.36. The molecule has 0 N–H and O–H groups in total. The minimum Gasteiger partial charge on any atom is -0.374 e. The fraction of sp³-hybridized carbons (Fsp3) is 0.889. The molecule has 2 heteroatoms. The van der Waals surface area contributed by atoms with Crippen molar-refractivity contribution in [2.24, 2.45) is 5.92 Å². The SMILES string of the molecule is N#CCC12CCC(CC1)CO2. The summed E-state index contributed by atoms with van der Waals surface area (Å²) in [6.45, 7) is 0.904. The van der Waals surface area contributed by atoms with Crippen molar-refractivity contribution < 1.29 is 4.74 Å². The van der Waals surface area contributed by atoms with E-state index in [9.17, 15) is 0 Å². The van der Waals surface area contributed by atoms with Gasteiger partial charge in [-0.25, -0.2) is 0 Å². The van der Waals surface area contributed by atoms with Crippen LogP contribution in [0.15, 0.2) is 0 Å². The van der Waals surface area contributed by atoms with Crippen LogP contribution in [0.25, 0.3) is 0 Å². The number of hydrogen-bond donors (Lipinski definition) is 0. The van der Waals surface area contributed by atoms with Crippen molar-refractivity contribution in [3.05, 3.63) is 0 Å². The molecular formula is C9H13NO. The Bertz CT molecular complexity index is 172. The van der Waals surface area contributed by atoms with Crippen LogP contribution in [0.3, 0.4) is 0 Å². The summed E-state index contributed by atoms with van der Waals surface area (Å²) in [5, 5.41) is 8.60. The minimum absolute atomic E-state index is 0.0243. The molecule has 0 atom stereocenters. The summed E-state index contributed by atoms with van der Waals surface area (Å²) in [5.41, 5.74) is -0.0243. The van der Waals surface area contributed by atoms with Crippen LogP contribution in [-0.4, -0.2) is 12.2 Å². The average Bonchev–Trinajstić information content (AvgIpc) is 2.07. The van der Waals surface area contributed by atoms with Gasteiger partial charge < -0.3 is 4.74 Å². The zero-order valence-electron chi connectivity index (χ0n) is 6.68. The molecule has 1 saturated carbocycles. The molecule has 2 aliphatic heterocycles. The molecule has 11 heavy (non-hydrogen) atoms. The molecule has 2 nitrogen and oxygen atoms in total. The van der Waals surface area contributed by atoms with Gasteiger partial charge in [-0.3, -0.25) is 0 Å². The van der Waals surface area contributed by atoms with E-state index in [0.29, 0.717) is 6.42 Å². The largest absolute Gasteiger partial charge is 0.374 e. The predicted molar refractivity (Wildman–Crippen MR) is 40.9 cm³/mol. The first-order chi connectivity index (χ1) is 5.35. The molecule has 0 radical (unpaired) electrons. The number of nitrogens with zero attached hydrogens (tertiary/aromatic N) is 1. The van der Waals surface area contributed by atoms with Gasteiger partial charge in [0.1, 0.15) is 0 Å². The minimum atomic E-state index is -0.0243. The summed E-state index contributed by atoms with van der Waals surface area (Å²) < 4.78 is 5.68. The van der Waals surface area contributed by atoms with E-state index in [1.165, 1.54) is 12.8 Å². The molecule has 1 aliphatic carbocycles. The van der Waals surface area contributed by atoms with Crippen molar-refractivity contribution >= 4 is 0 Å². The maximum Gasteiger partial charge on any atom is 0.0812 e. The van der Waals surface area contributed by atoms with Gasteiger partial charge in [-0.05, 0) is 31.6 Å². The molecule has 0 amide bonds. The van der Waals surface area contributed by atoms with Gasteiger partial charge in [0.2, 0.25) is 0 Å². The first-order valence-corrected chi connectivity index (χ1v) is 4.36. The highest BCUT2D eigenvalue weighted by Gasteiger charge is 2.41. The lowest BCUT2D eigenvalue weighted by molar-refractivity contribution is -0.140. The zero-order chi connectivity index (χ0) is 7.73. The number of nitriles is 1. The molecule has 0 aromatic carbocycles. The highest BCUT2D eigenvalue weighted by atomic mass is 16.5. The van der Waals surface area contributed by atoms with Crippen molar-refractivity contribution in [1.29, 1.82) is 5.26 Å². The molecule has 0 aromatic heterocycles. The standard InChI is InChI=1S/C9H13NO/c10-6-5-9-3-1-8(2-4-9)7-11-9/h8H,1-5,7H2. The van der Waals surface area contributed by atoms with Gasteiger partial charge in [0, 0.05) is 0 Å². The van der Waals surface area contributed by atoms with Crippen molar-refractivity contribution in [2.45, 2.75) is 37.7 Å². The van der Waals surface area contributed by atoms with Gasteiger partial charge in [-0.2, -0.15) is 5.26 Å². The van der Waals surface area contributed by atoms with E-state index in [1.54, 1.807) is 0 Å². The summed E-state index contributed by atoms with van der Waals surface area (Å²) in [6.07, 6.45) is 5.39. The van der Waals surface area contributed by atoms with E-state index in [2.05, 4.69) is 6.07 Å². The Labute approximate surface area is 67.2 Å². The normalized spacial score (nSPS) is 41.9. The molecule has 60 valence electrons. The van der Waals surface area contributed by atoms with E-state index in [4.69, 9.17) is 10.00 Å². The summed E-state index contributed by atoms with van der Waals surface area (Å²) in [4.78, 5) is 0. The average molecular weight is 151 g/mol. The van der Waals surface area contributed by atoms with E-state index in [-0.39, 0.29) is 5.60 Å². The Morgan fingerprint density at radius 3 is 2.64 bits per heavy atom. The molecule has 0 spiro atoms. The molecule has 2 saturated heterocycles. The highest BCUT2D eigenvalue weighted by molar-refractivity contribution is 4.97. The van der Waals surface area contributed by atoms with E-state index in [1.807, 2.05) is 0 Å². The fourth-order valence-corrected chi connectivity index (χ4v) is 2.18. The maximum atomic E-state index is 8.60. The zero-order valence-corrected chi connectivity index (χ0v) is 6.68. The Kier molecular flexibility index (Phi) is 1.61. The Morgan fingerprint density at radius 2 is 2.18 bits per heavy atom. The van der Waals surface area contributed by atoms with Gasteiger partial charge >= 0.3 is 0 Å². The lowest BCUT2D eigenvalue weighted by Crippen LogP contribution is -2.44. The predicted octanol–water partition coefficient (Wildman–Crippen LogP) is 1.86. The summed E-state index contributed by atoms with van der Waals surface area (Å²) in [7, 11) is 0. The Hall–Kier alpha value is -0.550. The van der Waals surface area contributed by atoms with Crippen molar-refractivity contribution in [2.75, 3.05) is 6.61 Å². The monoisotopic (exact) mass is 151 g/mol. The second-order valence-electron chi connectivity index (χ2n) is 3.77. The molecule has 3 aliphatic rings. The van der Waals surface area contributed by atoms with Crippen molar-refractivity contribution in [3.8, 4) is 6.07 Å². The molecule has 0 unspecified atom stereocenters. The third-order valence-electron chi connectivity index (χ3n) is 3.04. The van der Waals surface area contributed by atoms with E-state index < -0.39 is 0 Å². The molecule has 2 heterocycles. The smallest absolute Gasteiger partial charge is 0.0812 e. The third kappa shape index (κ3) is 1.14. The fourth-order valence-electron chi connectivity index (χ4n) is 2.18. The van der Waals surface area contributed by atoms with Gasteiger partial charge in [0.15, 0.2) is 0 Å². The topological polar surface area (TPSA) is 33.0 Å². The van der Waals surface area contributed by atoms with Crippen LogP contribution in [0, 0.1) is 17.2 Å². The number of hydrogen-bond acceptors (Lipinski definition) is 2. The van der Waals surface area contributed by atoms with Crippen LogP contribution in [0.1, 0.15) is 32.1 Å². The third-order valence-corrected chi connectivity index (χ3v) is 3.04. The first kappa shape index (κ1) is 7.12. The van der Waals surface area contributed by atoms with Gasteiger partial charge in [-0.15, -0.1) is 0 Å². The lowest BCUT2D eigenvalue weighted by Gasteiger charge is -2.45. The van der Waals surface area contributed by atoms with E-state index in [0.717, 1.165) is 25.4 Å². The van der Waals surface area contributed by atoms with Crippen LogP contribution in [0.4, 0.5) is 0 Å². The second kappa shape index (κ2) is 2.49. The molecule has 2 bridgehead atoms. The Morgan fingerprint density at radius 1 is 1.45 bits per heavy atom. The maximum absolute atomic E-state index is 8.60. The summed E-state index contributed by atoms with van der Waals surface area (Å²) in [6, 6.07) is 2.23. The van der Waals surface area contributed by atoms with Crippen LogP contribution in [-0.2, 0) is 4.74 Å². The van der Waals surface area contributed by atoms with Crippen molar-refractivity contribution in [1.82, 2.24) is 0 Å². The quantitative estimate of drug-likeness (QED) is 0.573. The second-order valence-corrected chi connectivity index (χ2v) is 3.77. The van der Waals surface area contributed by atoms with Crippen LogP contribution < -0.4 is 0 Å². The summed E-state index contributed by atoms with van der Waals surface area (Å²) >= 11 is 0. The van der Waals surface area contributed by atoms with Gasteiger partial charge in [-0.1, -0.05) is 0 Å². The van der Waals surface area contributed by atoms with Crippen LogP contribution >= 0.6 is 0 Å². The lowest BCUT2D eigenvalue weighted by atomic mass is 9.75. The molecular weight excluding hydrogens is 138 g/mol. The van der Waals surface area contributed by atoms with Crippen LogP contribution in [0.5, 0.6) is 0 Å². The Balaban J connectivity index is 2.07. The number of rotatable bonds is 1. The van der Waals surface area contributed by atoms with Gasteiger partial charge in [0.05, 0.1) is 24.7 Å².